The highest BCUT2D eigenvalue weighted by Crippen LogP contribution is 2.55. The molecular formula is C14H16F6O3. The van der Waals surface area contributed by atoms with E-state index in [0.717, 1.165) is 12.2 Å². The Balaban J connectivity index is 2.25. The zero-order valence-electron chi connectivity index (χ0n) is 12.6. The molecular weight excluding hydrogens is 330 g/mol. The molecule has 2 bridgehead atoms. The van der Waals surface area contributed by atoms with Crippen molar-refractivity contribution in [2.24, 2.45) is 11.3 Å². The molecule has 2 aliphatic rings. The number of hydrogen-bond donors (Lipinski definition) is 0. The van der Waals surface area contributed by atoms with Crippen molar-refractivity contribution in [1.29, 1.82) is 0 Å². The van der Waals surface area contributed by atoms with Gasteiger partial charge >= 0.3 is 18.3 Å². The van der Waals surface area contributed by atoms with Crippen LogP contribution in [-0.4, -0.2) is 36.1 Å². The van der Waals surface area contributed by atoms with Gasteiger partial charge in [0.1, 0.15) is 17.8 Å². The summed E-state index contributed by atoms with van der Waals surface area (Å²) in [7, 11) is 0. The molecule has 1 saturated heterocycles. The molecule has 0 amide bonds. The van der Waals surface area contributed by atoms with E-state index in [1.807, 2.05) is 0 Å². The molecule has 0 saturated carbocycles. The maximum Gasteiger partial charge on any atom is 0.403 e. The summed E-state index contributed by atoms with van der Waals surface area (Å²) < 4.78 is 87.8. The van der Waals surface area contributed by atoms with Gasteiger partial charge in [-0.3, -0.25) is 4.79 Å². The summed E-state index contributed by atoms with van der Waals surface area (Å²) in [4.78, 5) is 11.8. The Morgan fingerprint density at radius 3 is 2.13 bits per heavy atom. The molecule has 0 aromatic rings. The topological polar surface area (TPSA) is 35.5 Å². The van der Waals surface area contributed by atoms with Crippen molar-refractivity contribution in [3.05, 3.63) is 12.2 Å². The minimum Gasteiger partial charge on any atom is -0.459 e. The summed E-state index contributed by atoms with van der Waals surface area (Å²) in [5, 5.41) is 0. The van der Waals surface area contributed by atoms with E-state index in [4.69, 9.17) is 9.47 Å². The minimum absolute atomic E-state index is 0.681. The molecule has 1 fully saturated rings. The van der Waals surface area contributed by atoms with Crippen LogP contribution < -0.4 is 0 Å². The van der Waals surface area contributed by atoms with Gasteiger partial charge in [0.2, 0.25) is 0 Å². The van der Waals surface area contributed by atoms with Crippen molar-refractivity contribution in [3.63, 3.8) is 0 Å². The van der Waals surface area contributed by atoms with Crippen LogP contribution >= 0.6 is 0 Å². The molecule has 9 heteroatoms. The molecule has 3 atom stereocenters. The van der Waals surface area contributed by atoms with Gasteiger partial charge in [0.15, 0.2) is 5.92 Å². The fraction of sp³-hybridized carbons (Fsp3) is 0.786. The van der Waals surface area contributed by atoms with E-state index in [2.05, 4.69) is 0 Å². The lowest BCUT2D eigenvalue weighted by Crippen LogP contribution is -2.52. The highest BCUT2D eigenvalue weighted by Gasteiger charge is 2.71. The summed E-state index contributed by atoms with van der Waals surface area (Å²) in [6.45, 7) is 4.59. The third kappa shape index (κ3) is 3.34. The van der Waals surface area contributed by atoms with Crippen LogP contribution in [0.1, 0.15) is 27.2 Å². The number of halogens is 6. The van der Waals surface area contributed by atoms with E-state index >= 15 is 0 Å². The van der Waals surface area contributed by atoms with Crippen LogP contribution in [0, 0.1) is 11.3 Å². The van der Waals surface area contributed by atoms with Crippen molar-refractivity contribution >= 4 is 5.97 Å². The predicted molar refractivity (Wildman–Crippen MR) is 66.3 cm³/mol. The van der Waals surface area contributed by atoms with Crippen LogP contribution in [0.4, 0.5) is 26.3 Å². The van der Waals surface area contributed by atoms with Gasteiger partial charge in [0.25, 0.3) is 0 Å². The summed E-state index contributed by atoms with van der Waals surface area (Å²) in [6, 6.07) is 0. The Labute approximate surface area is 128 Å². The highest BCUT2D eigenvalue weighted by molar-refractivity contribution is 5.75. The van der Waals surface area contributed by atoms with Crippen LogP contribution in [0.3, 0.4) is 0 Å². The summed E-state index contributed by atoms with van der Waals surface area (Å²) in [5.41, 5.74) is -3.50. The van der Waals surface area contributed by atoms with Crippen molar-refractivity contribution in [3.8, 4) is 0 Å². The van der Waals surface area contributed by atoms with Crippen LogP contribution in [0.15, 0.2) is 12.2 Å². The highest BCUT2D eigenvalue weighted by atomic mass is 19.4. The lowest BCUT2D eigenvalue weighted by Gasteiger charge is -2.35. The Morgan fingerprint density at radius 1 is 1.17 bits per heavy atom. The first-order valence-electron chi connectivity index (χ1n) is 6.88. The number of carbonyl (C=O) groups is 1. The van der Waals surface area contributed by atoms with E-state index in [1.54, 1.807) is 0 Å². The molecule has 2 heterocycles. The van der Waals surface area contributed by atoms with Gasteiger partial charge < -0.3 is 9.47 Å². The Hall–Kier alpha value is -1.25. The molecule has 0 radical (unpaired) electrons. The third-order valence-electron chi connectivity index (χ3n) is 3.82. The van der Waals surface area contributed by atoms with E-state index in [1.165, 1.54) is 20.8 Å². The Bertz CT molecular complexity index is 502. The van der Waals surface area contributed by atoms with Gasteiger partial charge in [-0.1, -0.05) is 12.2 Å². The second-order valence-corrected chi connectivity index (χ2v) is 6.81. The third-order valence-corrected chi connectivity index (χ3v) is 3.82. The quantitative estimate of drug-likeness (QED) is 0.434. The van der Waals surface area contributed by atoms with Crippen molar-refractivity contribution < 1.29 is 40.6 Å². The standard InChI is InChI=1S/C14H16F6O3/c1-11(2,3)10(21)22-8-6-12(5-4-7(8)23-12)9(13(15,16)17)14(18,19)20/h4-5,7-9H,6H2,1-3H3. The molecule has 0 aromatic heterocycles. The molecule has 3 unspecified atom stereocenters. The van der Waals surface area contributed by atoms with E-state index < -0.39 is 53.9 Å². The van der Waals surface area contributed by atoms with Crippen LogP contribution in [0.5, 0.6) is 0 Å². The summed E-state index contributed by atoms with van der Waals surface area (Å²) in [5.74, 6) is -4.38. The first-order chi connectivity index (χ1) is 10.2. The molecule has 0 spiro atoms. The molecule has 2 rings (SSSR count). The van der Waals surface area contributed by atoms with Crippen LogP contribution in [-0.2, 0) is 14.3 Å². The number of carbonyl (C=O) groups excluding carboxylic acids is 1. The van der Waals surface area contributed by atoms with E-state index in [9.17, 15) is 31.1 Å². The van der Waals surface area contributed by atoms with E-state index in [0.29, 0.717) is 0 Å². The van der Waals surface area contributed by atoms with Gasteiger partial charge in [0, 0.05) is 6.42 Å². The number of esters is 1. The second kappa shape index (κ2) is 5.12. The van der Waals surface area contributed by atoms with Gasteiger partial charge in [-0.2, -0.15) is 26.3 Å². The average molecular weight is 346 g/mol. The average Bonchev–Trinajstić information content (AvgIpc) is 2.80. The number of rotatable bonds is 2. The molecule has 0 N–H and O–H groups in total. The molecule has 23 heavy (non-hydrogen) atoms. The van der Waals surface area contributed by atoms with Crippen LogP contribution in [0.25, 0.3) is 0 Å². The van der Waals surface area contributed by atoms with Gasteiger partial charge in [-0.15, -0.1) is 0 Å². The maximum atomic E-state index is 13.0. The van der Waals surface area contributed by atoms with Crippen molar-refractivity contribution in [2.75, 3.05) is 0 Å². The zero-order valence-corrected chi connectivity index (χ0v) is 12.6. The minimum atomic E-state index is -5.53. The molecule has 132 valence electrons. The number of fused-ring (bicyclic) bond motifs is 2. The monoisotopic (exact) mass is 346 g/mol. The van der Waals surface area contributed by atoms with E-state index in [-0.39, 0.29) is 0 Å². The first kappa shape index (κ1) is 18.1. The molecule has 0 aliphatic carbocycles. The Morgan fingerprint density at radius 2 is 1.70 bits per heavy atom. The number of ether oxygens (including phenoxy) is 2. The van der Waals surface area contributed by atoms with Gasteiger partial charge in [-0.25, -0.2) is 0 Å². The fourth-order valence-corrected chi connectivity index (χ4v) is 2.78. The number of alkyl halides is 6. The molecule has 2 aliphatic heterocycles. The Kier molecular flexibility index (Phi) is 4.03. The van der Waals surface area contributed by atoms with Crippen molar-refractivity contribution in [2.45, 2.75) is 57.4 Å². The van der Waals surface area contributed by atoms with Crippen LogP contribution in [0.2, 0.25) is 0 Å². The predicted octanol–water partition coefficient (Wildman–Crippen LogP) is 3.78. The second-order valence-electron chi connectivity index (χ2n) is 6.81. The lowest BCUT2D eigenvalue weighted by atomic mass is 9.80. The largest absolute Gasteiger partial charge is 0.459 e. The summed E-state index contributed by atoms with van der Waals surface area (Å²) in [6.07, 6.45) is -12.1. The van der Waals surface area contributed by atoms with Crippen molar-refractivity contribution in [1.82, 2.24) is 0 Å². The van der Waals surface area contributed by atoms with Gasteiger partial charge in [-0.05, 0) is 20.8 Å². The number of hydrogen-bond acceptors (Lipinski definition) is 3. The maximum absolute atomic E-state index is 13.0. The molecule has 0 aromatic carbocycles. The first-order valence-corrected chi connectivity index (χ1v) is 6.88. The van der Waals surface area contributed by atoms with Gasteiger partial charge in [0.05, 0.1) is 5.41 Å². The lowest BCUT2D eigenvalue weighted by molar-refractivity contribution is -0.320. The fourth-order valence-electron chi connectivity index (χ4n) is 2.78. The smallest absolute Gasteiger partial charge is 0.403 e. The molecule has 3 nitrogen and oxygen atoms in total. The normalized spacial score (nSPS) is 31.0. The summed E-state index contributed by atoms with van der Waals surface area (Å²) >= 11 is 0. The SMILES string of the molecule is CC(C)(C)C(=O)OC1CC2(C(C(F)(F)F)C(F)(F)F)C=CC1O2. The zero-order chi connectivity index (χ0) is 17.8.